The normalized spacial score (nSPS) is 11.4. The topological polar surface area (TPSA) is 75.4 Å². The van der Waals surface area contributed by atoms with E-state index >= 15 is 0 Å². The monoisotopic (exact) mass is 325 g/mol. The van der Waals surface area contributed by atoms with Gasteiger partial charge in [0.2, 0.25) is 0 Å². The molecule has 1 heterocycles. The Morgan fingerprint density at radius 2 is 2.00 bits per heavy atom. The fourth-order valence-electron chi connectivity index (χ4n) is 1.95. The molecule has 2 rings (SSSR count). The summed E-state index contributed by atoms with van der Waals surface area (Å²) in [5.41, 5.74) is 7.04. The smallest absolute Gasteiger partial charge is 0.263 e. The minimum absolute atomic E-state index is 0.295. The molecule has 0 spiro atoms. The van der Waals surface area contributed by atoms with Crippen molar-refractivity contribution >= 4 is 32.7 Å². The number of anilines is 2. The predicted molar refractivity (Wildman–Crippen MR) is 88.5 cm³/mol. The number of hydrogen-bond acceptors (Lipinski definition) is 5. The molecule has 2 aromatic rings. The molecule has 0 aliphatic heterocycles. The van der Waals surface area contributed by atoms with Crippen LogP contribution in [0.15, 0.2) is 35.2 Å². The number of aryl methyl sites for hydroxylation is 1. The zero-order chi connectivity index (χ0) is 15.6. The predicted octanol–water partition coefficient (Wildman–Crippen LogP) is 2.38. The van der Waals surface area contributed by atoms with E-state index < -0.39 is 10.0 Å². The van der Waals surface area contributed by atoms with Gasteiger partial charge in [0.05, 0.1) is 5.69 Å². The Kier molecular flexibility index (Phi) is 4.55. The lowest BCUT2D eigenvalue weighted by atomic mass is 10.3. The number of nitrogens with two attached hydrogens (primary N) is 1. The zero-order valence-corrected chi connectivity index (χ0v) is 13.9. The van der Waals surface area contributed by atoms with Gasteiger partial charge in [0.15, 0.2) is 0 Å². The first-order chi connectivity index (χ1) is 9.83. The lowest BCUT2D eigenvalue weighted by molar-refractivity contribution is 0.601. The van der Waals surface area contributed by atoms with Crippen LogP contribution in [0.5, 0.6) is 0 Å². The van der Waals surface area contributed by atoms with Gasteiger partial charge in [0.1, 0.15) is 4.90 Å². The molecule has 114 valence electrons. The van der Waals surface area contributed by atoms with Gasteiger partial charge in [-0.2, -0.15) is 0 Å². The SMILES string of the molecule is Cc1sc(CN)cc1S(=O)(=O)Nc1cccc(N(C)C)c1. The number of benzene rings is 1. The molecule has 0 unspecified atom stereocenters. The first-order valence-electron chi connectivity index (χ1n) is 6.43. The Morgan fingerprint density at radius 1 is 1.29 bits per heavy atom. The van der Waals surface area contributed by atoms with E-state index in [-0.39, 0.29) is 0 Å². The molecule has 0 amide bonds. The van der Waals surface area contributed by atoms with E-state index in [1.165, 1.54) is 11.3 Å². The molecule has 1 aromatic heterocycles. The Bertz CT molecular complexity index is 736. The van der Waals surface area contributed by atoms with Crippen molar-refractivity contribution in [2.75, 3.05) is 23.7 Å². The molecule has 0 aliphatic rings. The molecule has 0 fully saturated rings. The number of thiophene rings is 1. The summed E-state index contributed by atoms with van der Waals surface area (Å²) in [4.78, 5) is 3.81. The fraction of sp³-hybridized carbons (Fsp3) is 0.286. The third-order valence-electron chi connectivity index (χ3n) is 3.03. The van der Waals surface area contributed by atoms with Gasteiger partial charge in [-0.15, -0.1) is 11.3 Å². The van der Waals surface area contributed by atoms with Crippen LogP contribution in [0.25, 0.3) is 0 Å². The number of nitrogens with zero attached hydrogens (tertiary/aromatic N) is 1. The molecule has 5 nitrogen and oxygen atoms in total. The Labute approximate surface area is 129 Å². The highest BCUT2D eigenvalue weighted by molar-refractivity contribution is 7.93. The highest BCUT2D eigenvalue weighted by Crippen LogP contribution is 2.28. The molecule has 0 saturated carbocycles. The van der Waals surface area contributed by atoms with Crippen LogP contribution in [0.4, 0.5) is 11.4 Å². The highest BCUT2D eigenvalue weighted by atomic mass is 32.2. The van der Waals surface area contributed by atoms with Crippen LogP contribution in [0.3, 0.4) is 0 Å². The summed E-state index contributed by atoms with van der Waals surface area (Å²) in [7, 11) is 0.224. The molecule has 0 aliphatic carbocycles. The van der Waals surface area contributed by atoms with E-state index in [0.29, 0.717) is 17.1 Å². The Morgan fingerprint density at radius 3 is 2.57 bits per heavy atom. The van der Waals surface area contributed by atoms with Crippen LogP contribution in [-0.4, -0.2) is 22.5 Å². The quantitative estimate of drug-likeness (QED) is 0.885. The van der Waals surface area contributed by atoms with Gasteiger partial charge in [-0.25, -0.2) is 8.42 Å². The van der Waals surface area contributed by atoms with Crippen molar-refractivity contribution in [1.82, 2.24) is 0 Å². The number of sulfonamides is 1. The second-order valence-electron chi connectivity index (χ2n) is 4.89. The van der Waals surface area contributed by atoms with Crippen molar-refractivity contribution in [2.24, 2.45) is 5.73 Å². The lowest BCUT2D eigenvalue weighted by Gasteiger charge is -2.14. The third-order valence-corrected chi connectivity index (χ3v) is 5.74. The standard InChI is InChI=1S/C14H19N3O2S2/c1-10-14(8-13(9-15)20-10)21(18,19)16-11-5-4-6-12(7-11)17(2)3/h4-8,16H,9,15H2,1-3H3. The Hall–Kier alpha value is -1.57. The van der Waals surface area contributed by atoms with Crippen LogP contribution in [0.2, 0.25) is 0 Å². The summed E-state index contributed by atoms with van der Waals surface area (Å²) in [6, 6.07) is 8.90. The second kappa shape index (κ2) is 6.05. The van der Waals surface area contributed by atoms with Crippen LogP contribution in [0.1, 0.15) is 9.75 Å². The molecule has 0 bridgehead atoms. The molecule has 1 aromatic carbocycles. The van der Waals surface area contributed by atoms with Gasteiger partial charge in [-0.3, -0.25) is 4.72 Å². The average molecular weight is 325 g/mol. The molecule has 7 heteroatoms. The molecule has 0 saturated heterocycles. The van der Waals surface area contributed by atoms with E-state index in [9.17, 15) is 8.42 Å². The average Bonchev–Trinajstić information content (AvgIpc) is 2.80. The van der Waals surface area contributed by atoms with Gasteiger partial charge in [0.25, 0.3) is 10.0 Å². The number of rotatable bonds is 5. The van der Waals surface area contributed by atoms with Crippen LogP contribution in [0, 0.1) is 6.92 Å². The van der Waals surface area contributed by atoms with Crippen molar-refractivity contribution in [3.05, 3.63) is 40.1 Å². The van der Waals surface area contributed by atoms with Crippen molar-refractivity contribution < 1.29 is 8.42 Å². The van der Waals surface area contributed by atoms with Gasteiger partial charge in [-0.05, 0) is 31.2 Å². The molecule has 0 atom stereocenters. The molecular formula is C14H19N3O2S2. The summed E-state index contributed by atoms with van der Waals surface area (Å²) in [6.45, 7) is 2.13. The van der Waals surface area contributed by atoms with Gasteiger partial charge in [0, 0.05) is 36.1 Å². The maximum absolute atomic E-state index is 12.5. The van der Waals surface area contributed by atoms with Crippen molar-refractivity contribution in [3.63, 3.8) is 0 Å². The third kappa shape index (κ3) is 3.55. The minimum Gasteiger partial charge on any atom is -0.378 e. The van der Waals surface area contributed by atoms with E-state index in [2.05, 4.69) is 4.72 Å². The van der Waals surface area contributed by atoms with Gasteiger partial charge in [-0.1, -0.05) is 6.07 Å². The summed E-state index contributed by atoms with van der Waals surface area (Å²) in [5.74, 6) is 0. The maximum Gasteiger partial charge on any atom is 0.263 e. The maximum atomic E-state index is 12.5. The van der Waals surface area contributed by atoms with E-state index in [1.54, 1.807) is 25.1 Å². The largest absolute Gasteiger partial charge is 0.378 e. The van der Waals surface area contributed by atoms with E-state index in [0.717, 1.165) is 15.4 Å². The van der Waals surface area contributed by atoms with E-state index in [1.807, 2.05) is 31.1 Å². The molecule has 21 heavy (non-hydrogen) atoms. The number of nitrogens with one attached hydrogen (secondary N) is 1. The zero-order valence-electron chi connectivity index (χ0n) is 12.3. The molecule has 3 N–H and O–H groups in total. The number of hydrogen-bond donors (Lipinski definition) is 2. The van der Waals surface area contributed by atoms with Crippen molar-refractivity contribution in [1.29, 1.82) is 0 Å². The van der Waals surface area contributed by atoms with Crippen LogP contribution >= 0.6 is 11.3 Å². The summed E-state index contributed by atoms with van der Waals surface area (Å²) in [5, 5.41) is 0. The minimum atomic E-state index is -3.59. The van der Waals surface area contributed by atoms with Gasteiger partial charge < -0.3 is 10.6 Å². The fourth-order valence-corrected chi connectivity index (χ4v) is 4.51. The van der Waals surface area contributed by atoms with E-state index in [4.69, 9.17) is 5.73 Å². The summed E-state index contributed by atoms with van der Waals surface area (Å²) in [6.07, 6.45) is 0. The Balaban J connectivity index is 2.33. The van der Waals surface area contributed by atoms with Crippen LogP contribution < -0.4 is 15.4 Å². The highest BCUT2D eigenvalue weighted by Gasteiger charge is 2.20. The first-order valence-corrected chi connectivity index (χ1v) is 8.73. The molecule has 0 radical (unpaired) electrons. The molecular weight excluding hydrogens is 306 g/mol. The first kappa shape index (κ1) is 15.8. The summed E-state index contributed by atoms with van der Waals surface area (Å²) >= 11 is 1.41. The van der Waals surface area contributed by atoms with Gasteiger partial charge >= 0.3 is 0 Å². The summed E-state index contributed by atoms with van der Waals surface area (Å²) < 4.78 is 27.6. The van der Waals surface area contributed by atoms with Crippen molar-refractivity contribution in [3.8, 4) is 0 Å². The lowest BCUT2D eigenvalue weighted by Crippen LogP contribution is -2.14. The van der Waals surface area contributed by atoms with Crippen LogP contribution in [-0.2, 0) is 16.6 Å². The second-order valence-corrected chi connectivity index (χ2v) is 7.88. The van der Waals surface area contributed by atoms with Crippen molar-refractivity contribution in [2.45, 2.75) is 18.4 Å².